The van der Waals surface area contributed by atoms with Gasteiger partial charge < -0.3 is 18.6 Å². The van der Waals surface area contributed by atoms with E-state index in [0.717, 1.165) is 6.04 Å². The Morgan fingerprint density at radius 2 is 1.75 bits per heavy atom. The van der Waals surface area contributed by atoms with Crippen molar-refractivity contribution in [2.45, 2.75) is 33.4 Å². The van der Waals surface area contributed by atoms with Crippen LogP contribution in [0.15, 0.2) is 24.3 Å². The van der Waals surface area contributed by atoms with Crippen LogP contribution < -0.4 is 19.4 Å². The van der Waals surface area contributed by atoms with Gasteiger partial charge in [-0.3, -0.25) is 10.1 Å². The Balaban J connectivity index is 2.44. The van der Waals surface area contributed by atoms with Crippen LogP contribution in [0, 0.1) is 24.0 Å². The summed E-state index contributed by atoms with van der Waals surface area (Å²) < 4.78 is 22.1. The second kappa shape index (κ2) is 9.56. The molecule has 0 N–H and O–H groups in total. The normalized spacial score (nSPS) is 10.8. The van der Waals surface area contributed by atoms with Crippen LogP contribution in [0.3, 0.4) is 0 Å². The highest BCUT2D eigenvalue weighted by molar-refractivity contribution is 6.67. The number of hydrogen-bond acceptors (Lipinski definition) is 6. The molecule has 1 radical (unpaired) electrons. The summed E-state index contributed by atoms with van der Waals surface area (Å²) in [6.07, 6.45) is 0. The van der Waals surface area contributed by atoms with E-state index in [2.05, 4.69) is 32.9 Å². The number of hydrogen-bond donors (Lipinski definition) is 0. The predicted octanol–water partition coefficient (Wildman–Crippen LogP) is 3.67. The molecule has 0 aliphatic carbocycles. The van der Waals surface area contributed by atoms with Crippen molar-refractivity contribution in [2.24, 2.45) is 0 Å². The van der Waals surface area contributed by atoms with Crippen molar-refractivity contribution in [3.8, 4) is 17.2 Å². The monoisotopic (exact) mass is 404 g/mol. The summed E-state index contributed by atoms with van der Waals surface area (Å²) in [6, 6.07) is 8.58. The van der Waals surface area contributed by atoms with Gasteiger partial charge >= 0.3 is 5.69 Å². The van der Waals surface area contributed by atoms with Gasteiger partial charge in [0.05, 0.1) is 38.4 Å². The molecule has 0 unspecified atom stereocenters. The molecule has 0 fully saturated rings. The van der Waals surface area contributed by atoms with Crippen LogP contribution in [0.2, 0.25) is 6.04 Å². The van der Waals surface area contributed by atoms with Gasteiger partial charge in [-0.1, -0.05) is 25.1 Å². The standard InChI is InChI=1S/C20H26NO6Si/c1-7-28(17-10-8-9-13(2)14(17)3)27-12-15-11-16(24-4)19(25-5)20(26-6)18(15)21(22)23/h8-11H,7,12H2,1-6H3. The van der Waals surface area contributed by atoms with Crippen molar-refractivity contribution in [3.63, 3.8) is 0 Å². The van der Waals surface area contributed by atoms with Crippen LogP contribution in [0.5, 0.6) is 17.2 Å². The van der Waals surface area contributed by atoms with Gasteiger partial charge in [-0.05, 0) is 42.3 Å². The quantitative estimate of drug-likeness (QED) is 0.360. The molecule has 151 valence electrons. The molecule has 0 saturated heterocycles. The highest BCUT2D eigenvalue weighted by Gasteiger charge is 2.30. The minimum Gasteiger partial charge on any atom is -0.493 e. The fourth-order valence-electron chi connectivity index (χ4n) is 3.09. The minimum atomic E-state index is -1.34. The number of nitro benzene ring substituents is 1. The molecule has 2 rings (SSSR count). The average Bonchev–Trinajstić information content (AvgIpc) is 2.69. The molecule has 0 spiro atoms. The van der Waals surface area contributed by atoms with Gasteiger partial charge in [-0.15, -0.1) is 0 Å². The van der Waals surface area contributed by atoms with Crippen molar-refractivity contribution in [1.82, 2.24) is 0 Å². The smallest absolute Gasteiger partial charge is 0.320 e. The van der Waals surface area contributed by atoms with Crippen LogP contribution >= 0.6 is 0 Å². The second-order valence-corrected chi connectivity index (χ2v) is 8.60. The maximum atomic E-state index is 11.7. The molecule has 2 aromatic rings. The fraction of sp³-hybridized carbons (Fsp3) is 0.400. The van der Waals surface area contributed by atoms with Crippen molar-refractivity contribution in [2.75, 3.05) is 21.3 Å². The Labute approximate surface area is 167 Å². The highest BCUT2D eigenvalue weighted by Crippen LogP contribution is 2.46. The lowest BCUT2D eigenvalue weighted by atomic mass is 10.1. The molecule has 8 heteroatoms. The molecular formula is C20H26NO6Si. The fourth-order valence-corrected chi connectivity index (χ4v) is 5.06. The molecular weight excluding hydrogens is 378 g/mol. The topological polar surface area (TPSA) is 80.1 Å². The zero-order valence-electron chi connectivity index (χ0n) is 17.1. The zero-order chi connectivity index (χ0) is 20.8. The molecule has 7 nitrogen and oxygen atoms in total. The molecule has 0 aliphatic heterocycles. The van der Waals surface area contributed by atoms with E-state index < -0.39 is 14.0 Å². The van der Waals surface area contributed by atoms with E-state index in [0.29, 0.717) is 11.3 Å². The third-order valence-electron chi connectivity index (χ3n) is 4.69. The number of benzene rings is 2. The summed E-state index contributed by atoms with van der Waals surface area (Å²) in [6.45, 7) is 6.30. The van der Waals surface area contributed by atoms with Gasteiger partial charge in [0.15, 0.2) is 5.75 Å². The minimum absolute atomic E-state index is 0.0301. The van der Waals surface area contributed by atoms with Gasteiger partial charge in [0.25, 0.3) is 0 Å². The van der Waals surface area contributed by atoms with E-state index in [-0.39, 0.29) is 23.8 Å². The molecule has 2 aromatic carbocycles. The number of nitro groups is 1. The van der Waals surface area contributed by atoms with Crippen LogP contribution in [-0.4, -0.2) is 35.3 Å². The van der Waals surface area contributed by atoms with Crippen LogP contribution in [0.4, 0.5) is 5.69 Å². The maximum Gasteiger partial charge on any atom is 0.320 e. The number of ether oxygens (including phenoxy) is 3. The van der Waals surface area contributed by atoms with Gasteiger partial charge in [0.1, 0.15) is 0 Å². The van der Waals surface area contributed by atoms with Crippen molar-refractivity contribution >= 4 is 19.9 Å². The van der Waals surface area contributed by atoms with Gasteiger partial charge in [-0.25, -0.2) is 0 Å². The average molecular weight is 405 g/mol. The lowest BCUT2D eigenvalue weighted by Gasteiger charge is -2.19. The third-order valence-corrected chi connectivity index (χ3v) is 6.97. The second-order valence-electron chi connectivity index (χ2n) is 6.22. The SMILES string of the molecule is CC[Si](OCc1cc(OC)c(OC)c(OC)c1[N+](=O)[O-])c1cccc(C)c1C. The van der Waals surface area contributed by atoms with Crippen LogP contribution in [-0.2, 0) is 11.0 Å². The molecule has 0 bridgehead atoms. The number of methoxy groups -OCH3 is 3. The van der Waals surface area contributed by atoms with Crippen LogP contribution in [0.1, 0.15) is 23.6 Å². The van der Waals surface area contributed by atoms with Gasteiger partial charge in [0.2, 0.25) is 20.5 Å². The molecule has 0 atom stereocenters. The first-order valence-electron chi connectivity index (χ1n) is 8.90. The van der Waals surface area contributed by atoms with E-state index >= 15 is 0 Å². The largest absolute Gasteiger partial charge is 0.493 e. The van der Waals surface area contributed by atoms with Crippen molar-refractivity contribution < 1.29 is 23.6 Å². The Morgan fingerprint density at radius 3 is 2.29 bits per heavy atom. The lowest BCUT2D eigenvalue weighted by Crippen LogP contribution is -2.35. The Hall–Kier alpha value is -2.58. The summed E-state index contributed by atoms with van der Waals surface area (Å²) in [5.41, 5.74) is 2.63. The summed E-state index contributed by atoms with van der Waals surface area (Å²) in [4.78, 5) is 11.3. The molecule has 0 amide bonds. The summed E-state index contributed by atoms with van der Waals surface area (Å²) in [7, 11) is 2.92. The highest BCUT2D eigenvalue weighted by atomic mass is 28.3. The first-order valence-corrected chi connectivity index (χ1v) is 10.5. The van der Waals surface area contributed by atoms with Crippen molar-refractivity contribution in [1.29, 1.82) is 0 Å². The van der Waals surface area contributed by atoms with E-state index in [1.165, 1.54) is 37.6 Å². The first kappa shape index (κ1) is 21.7. The molecule has 0 heterocycles. The van der Waals surface area contributed by atoms with E-state index in [9.17, 15) is 10.1 Å². The Bertz CT molecular complexity index is 855. The molecule has 0 aliphatic rings. The molecule has 28 heavy (non-hydrogen) atoms. The summed E-state index contributed by atoms with van der Waals surface area (Å²) in [5.74, 6) is 0.582. The summed E-state index contributed by atoms with van der Waals surface area (Å²) >= 11 is 0. The molecule has 0 aromatic heterocycles. The van der Waals surface area contributed by atoms with E-state index in [1.54, 1.807) is 6.07 Å². The van der Waals surface area contributed by atoms with Gasteiger partial charge in [-0.2, -0.15) is 0 Å². The maximum absolute atomic E-state index is 11.7. The number of aryl methyl sites for hydroxylation is 1. The first-order chi connectivity index (χ1) is 13.4. The third kappa shape index (κ3) is 4.28. The summed E-state index contributed by atoms with van der Waals surface area (Å²) in [5, 5.41) is 12.9. The van der Waals surface area contributed by atoms with E-state index in [4.69, 9.17) is 18.6 Å². The number of rotatable bonds is 9. The molecule has 0 saturated carbocycles. The van der Waals surface area contributed by atoms with Crippen LogP contribution in [0.25, 0.3) is 0 Å². The van der Waals surface area contributed by atoms with Crippen molar-refractivity contribution in [3.05, 3.63) is 51.1 Å². The lowest BCUT2D eigenvalue weighted by molar-refractivity contribution is -0.386. The van der Waals surface area contributed by atoms with Gasteiger partial charge in [0, 0.05) is 0 Å². The predicted molar refractivity (Wildman–Crippen MR) is 109 cm³/mol. The Morgan fingerprint density at radius 1 is 1.07 bits per heavy atom. The number of nitrogens with zero attached hydrogens (tertiary/aromatic N) is 1. The Kier molecular flexibility index (Phi) is 7.42. The van der Waals surface area contributed by atoms with E-state index in [1.807, 2.05) is 6.07 Å². The zero-order valence-corrected chi connectivity index (χ0v) is 18.1.